The van der Waals surface area contributed by atoms with Gasteiger partial charge in [0, 0.05) is 0 Å². The first-order valence-electron chi connectivity index (χ1n) is 7.85. The third-order valence-electron chi connectivity index (χ3n) is 3.65. The molecule has 0 saturated heterocycles. The van der Waals surface area contributed by atoms with Gasteiger partial charge in [-0.15, -0.1) is 0 Å². The zero-order chi connectivity index (χ0) is 16.9. The van der Waals surface area contributed by atoms with Crippen molar-refractivity contribution in [2.24, 2.45) is 5.16 Å². The highest BCUT2D eigenvalue weighted by molar-refractivity contribution is 5.79. The minimum atomic E-state index is -0.176. The predicted molar refractivity (Wildman–Crippen MR) is 91.5 cm³/mol. The number of hydrogen-bond donors (Lipinski definition) is 0. The monoisotopic (exact) mass is 333 g/mol. The molecule has 0 N–H and O–H groups in total. The Morgan fingerprint density at radius 3 is 2.28 bits per heavy atom. The lowest BCUT2D eigenvalue weighted by molar-refractivity contribution is 0.0855. The second-order valence-corrected chi connectivity index (χ2v) is 5.44. The molecule has 124 valence electrons. The molecule has 2 heterocycles. The van der Waals surface area contributed by atoms with Gasteiger partial charge in [-0.1, -0.05) is 35.5 Å². The van der Waals surface area contributed by atoms with E-state index < -0.39 is 0 Å². The van der Waals surface area contributed by atoms with E-state index in [1.54, 1.807) is 12.4 Å². The molecule has 3 aromatic rings. The molecule has 6 heteroatoms. The minimum Gasteiger partial charge on any atom is -0.457 e. The van der Waals surface area contributed by atoms with Gasteiger partial charge in [-0.25, -0.2) is 9.97 Å². The van der Waals surface area contributed by atoms with Crippen molar-refractivity contribution in [2.45, 2.75) is 12.5 Å². The van der Waals surface area contributed by atoms with Gasteiger partial charge in [0.25, 0.3) is 0 Å². The highest BCUT2D eigenvalue weighted by Crippen LogP contribution is 2.30. The number of oxime groups is 1. The molecule has 1 aliphatic heterocycles. The number of rotatable bonds is 4. The number of para-hydroxylation sites is 1. The van der Waals surface area contributed by atoms with E-state index in [4.69, 9.17) is 14.3 Å². The smallest absolute Gasteiger partial charge is 0.235 e. The Bertz CT molecular complexity index is 852. The maximum absolute atomic E-state index is 5.79. The van der Waals surface area contributed by atoms with E-state index in [1.165, 1.54) is 6.33 Å². The summed E-state index contributed by atoms with van der Waals surface area (Å²) in [6.45, 7) is 0. The molecule has 0 aliphatic carbocycles. The third kappa shape index (κ3) is 3.74. The van der Waals surface area contributed by atoms with Crippen LogP contribution in [-0.4, -0.2) is 15.9 Å². The number of aromatic nitrogens is 2. The average Bonchev–Trinajstić information content (AvgIpc) is 3.12. The molecule has 0 bridgehead atoms. The van der Waals surface area contributed by atoms with Gasteiger partial charge < -0.3 is 14.3 Å². The largest absolute Gasteiger partial charge is 0.457 e. The molecular formula is C19H15N3O3. The minimum absolute atomic E-state index is 0.176. The van der Waals surface area contributed by atoms with Crippen molar-refractivity contribution in [3.8, 4) is 17.2 Å². The van der Waals surface area contributed by atoms with Gasteiger partial charge >= 0.3 is 0 Å². The van der Waals surface area contributed by atoms with Crippen molar-refractivity contribution in [3.63, 3.8) is 0 Å². The van der Waals surface area contributed by atoms with Gasteiger partial charge in [0.2, 0.25) is 5.90 Å². The van der Waals surface area contributed by atoms with Gasteiger partial charge in [-0.05, 0) is 29.8 Å². The van der Waals surface area contributed by atoms with E-state index in [9.17, 15) is 0 Å². The zero-order valence-electron chi connectivity index (χ0n) is 13.3. The molecule has 0 amide bonds. The molecular weight excluding hydrogens is 318 g/mol. The van der Waals surface area contributed by atoms with Gasteiger partial charge in [0.05, 0.1) is 18.8 Å². The summed E-state index contributed by atoms with van der Waals surface area (Å²) in [5, 5.41) is 3.99. The normalized spacial score (nSPS) is 16.0. The summed E-state index contributed by atoms with van der Waals surface area (Å²) in [5.74, 6) is 2.62. The van der Waals surface area contributed by atoms with Gasteiger partial charge in [-0.3, -0.25) is 0 Å². The number of nitrogens with zero attached hydrogens (tertiary/aromatic N) is 3. The molecule has 25 heavy (non-hydrogen) atoms. The third-order valence-corrected chi connectivity index (χ3v) is 3.65. The molecule has 0 fully saturated rings. The average molecular weight is 333 g/mol. The van der Waals surface area contributed by atoms with Crippen molar-refractivity contribution in [2.75, 3.05) is 0 Å². The summed E-state index contributed by atoms with van der Waals surface area (Å²) in [5.41, 5.74) is 1.01. The van der Waals surface area contributed by atoms with E-state index in [2.05, 4.69) is 15.1 Å². The van der Waals surface area contributed by atoms with Crippen molar-refractivity contribution >= 4 is 5.90 Å². The van der Waals surface area contributed by atoms with Gasteiger partial charge in [-0.2, -0.15) is 0 Å². The highest BCUT2D eigenvalue weighted by Gasteiger charge is 2.24. The first-order valence-corrected chi connectivity index (χ1v) is 7.85. The van der Waals surface area contributed by atoms with Crippen molar-refractivity contribution in [1.82, 2.24) is 9.97 Å². The van der Waals surface area contributed by atoms with Crippen LogP contribution in [0.5, 0.6) is 17.2 Å². The Kier molecular flexibility index (Phi) is 4.24. The number of hydrogen-bond acceptors (Lipinski definition) is 6. The molecule has 4 rings (SSSR count). The zero-order valence-corrected chi connectivity index (χ0v) is 13.3. The van der Waals surface area contributed by atoms with Crippen LogP contribution in [0.25, 0.3) is 0 Å². The standard InChI is InChI=1S/C19H15N3O3/c1-2-4-15(5-3-1)23-16-8-6-14(7-9-16)18-10-19(22-25-18)24-17-11-20-13-21-12-17/h1-9,11-13,18H,10H2/t18-/m1/s1. The van der Waals surface area contributed by atoms with Crippen LogP contribution in [-0.2, 0) is 4.84 Å². The van der Waals surface area contributed by atoms with Crippen LogP contribution in [0.1, 0.15) is 18.1 Å². The number of ether oxygens (including phenoxy) is 2. The van der Waals surface area contributed by atoms with Crippen LogP contribution in [0.4, 0.5) is 0 Å². The lowest BCUT2D eigenvalue weighted by Gasteiger charge is -2.10. The lowest BCUT2D eigenvalue weighted by Crippen LogP contribution is -2.07. The Hall–Kier alpha value is -3.41. The second-order valence-electron chi connectivity index (χ2n) is 5.44. The Balaban J connectivity index is 1.37. The lowest BCUT2D eigenvalue weighted by atomic mass is 10.1. The van der Waals surface area contributed by atoms with E-state index in [-0.39, 0.29) is 6.10 Å². The Morgan fingerprint density at radius 1 is 0.800 bits per heavy atom. The molecule has 1 aromatic heterocycles. The first kappa shape index (κ1) is 15.1. The molecule has 0 unspecified atom stereocenters. The molecule has 0 radical (unpaired) electrons. The fourth-order valence-electron chi connectivity index (χ4n) is 2.44. The van der Waals surface area contributed by atoms with Crippen molar-refractivity contribution < 1.29 is 14.3 Å². The van der Waals surface area contributed by atoms with Gasteiger partial charge in [0.15, 0.2) is 11.9 Å². The van der Waals surface area contributed by atoms with Gasteiger partial charge in [0.1, 0.15) is 17.8 Å². The van der Waals surface area contributed by atoms with Crippen molar-refractivity contribution in [3.05, 3.63) is 78.9 Å². The maximum Gasteiger partial charge on any atom is 0.235 e. The Morgan fingerprint density at radius 2 is 1.52 bits per heavy atom. The summed E-state index contributed by atoms with van der Waals surface area (Å²) in [7, 11) is 0. The summed E-state index contributed by atoms with van der Waals surface area (Å²) >= 11 is 0. The molecule has 1 atom stereocenters. The van der Waals surface area contributed by atoms with E-state index in [1.807, 2.05) is 54.6 Å². The van der Waals surface area contributed by atoms with Crippen LogP contribution in [0.2, 0.25) is 0 Å². The molecule has 6 nitrogen and oxygen atoms in total. The van der Waals surface area contributed by atoms with Crippen LogP contribution in [0, 0.1) is 0 Å². The second kappa shape index (κ2) is 7.00. The summed E-state index contributed by atoms with van der Waals surface area (Å²) in [6, 6.07) is 17.4. The molecule has 1 aliphatic rings. The quantitative estimate of drug-likeness (QED) is 0.718. The SMILES string of the molecule is c1ccc(Oc2ccc([C@H]3CC(Oc4cncnc4)=NO3)cc2)cc1. The molecule has 0 spiro atoms. The molecule has 0 saturated carbocycles. The van der Waals surface area contributed by atoms with E-state index in [0.717, 1.165) is 17.1 Å². The predicted octanol–water partition coefficient (Wildman–Crippen LogP) is 4.12. The fourth-order valence-corrected chi connectivity index (χ4v) is 2.44. The topological polar surface area (TPSA) is 65.8 Å². The summed E-state index contributed by atoms with van der Waals surface area (Å²) < 4.78 is 11.4. The van der Waals surface area contributed by atoms with Crippen LogP contribution in [0.3, 0.4) is 0 Å². The summed E-state index contributed by atoms with van der Waals surface area (Å²) in [4.78, 5) is 13.3. The first-order chi connectivity index (χ1) is 12.4. The molecule has 2 aromatic carbocycles. The Labute approximate surface area is 144 Å². The highest BCUT2D eigenvalue weighted by atomic mass is 16.7. The van der Waals surface area contributed by atoms with E-state index in [0.29, 0.717) is 18.1 Å². The van der Waals surface area contributed by atoms with Crippen molar-refractivity contribution in [1.29, 1.82) is 0 Å². The van der Waals surface area contributed by atoms with Crippen LogP contribution < -0.4 is 9.47 Å². The number of benzene rings is 2. The van der Waals surface area contributed by atoms with Crippen LogP contribution in [0.15, 0.2) is 78.5 Å². The van der Waals surface area contributed by atoms with Crippen LogP contribution >= 0.6 is 0 Å². The summed E-state index contributed by atoms with van der Waals surface area (Å²) in [6.07, 6.45) is 4.98. The van der Waals surface area contributed by atoms with E-state index >= 15 is 0 Å². The maximum atomic E-state index is 5.79. The fraction of sp³-hybridized carbons (Fsp3) is 0.105.